The number of hydrogen-bond donors (Lipinski definition) is 0. The molecule has 38 heavy (non-hydrogen) atoms. The summed E-state index contributed by atoms with van der Waals surface area (Å²) in [5.41, 5.74) is 1.21. The van der Waals surface area contributed by atoms with Crippen molar-refractivity contribution in [1.29, 1.82) is 0 Å². The summed E-state index contributed by atoms with van der Waals surface area (Å²) in [5, 5.41) is 0. The Morgan fingerprint density at radius 3 is 2.03 bits per heavy atom. The molecule has 8 rings (SSSR count). The SMILES string of the molecule is CCOc1ccc(N2C[C@H](C(=O)Oc3ccc(N4C(=O)[C@H]5[C@@H]6C=C[C@H]([C@H]7C[C@H]67)[C@@H]5C4=O)cc3)CC2=O)cc1. The third kappa shape index (κ3) is 3.50. The Morgan fingerprint density at radius 2 is 1.42 bits per heavy atom. The first-order chi connectivity index (χ1) is 18.4. The van der Waals surface area contributed by atoms with Crippen molar-refractivity contribution in [2.75, 3.05) is 23.0 Å². The summed E-state index contributed by atoms with van der Waals surface area (Å²) in [6.45, 7) is 2.70. The average Bonchev–Trinajstić information content (AvgIpc) is 3.60. The number of carbonyl (C=O) groups excluding carboxylic acids is 4. The van der Waals surface area contributed by atoms with Crippen molar-refractivity contribution < 1.29 is 28.7 Å². The first kappa shape index (κ1) is 23.2. The van der Waals surface area contributed by atoms with Crippen LogP contribution in [0.5, 0.6) is 11.5 Å². The van der Waals surface area contributed by atoms with E-state index < -0.39 is 11.9 Å². The van der Waals surface area contributed by atoms with Gasteiger partial charge >= 0.3 is 5.97 Å². The molecule has 6 aliphatic rings. The normalized spacial score (nSPS) is 32.4. The molecule has 2 aliphatic heterocycles. The summed E-state index contributed by atoms with van der Waals surface area (Å²) >= 11 is 0. The molecular weight excluding hydrogens is 484 g/mol. The largest absolute Gasteiger partial charge is 0.494 e. The predicted octanol–water partition coefficient (Wildman–Crippen LogP) is 3.60. The minimum Gasteiger partial charge on any atom is -0.494 e. The standard InChI is InChI=1S/C30H28N2O6/c1-2-37-19-7-3-17(4-8-19)31-15-16(13-25(31)33)30(36)38-20-9-5-18(6-10-20)32-28(34)26-21-11-12-22(24-14-23(21)24)27(26)29(32)35/h3-12,16,21-24,26-27H,2,13-15H2,1H3/t16-,21-,22-,23-,24-,26+,27+/m1/s1. The molecule has 0 N–H and O–H groups in total. The molecule has 0 unspecified atom stereocenters. The molecule has 8 nitrogen and oxygen atoms in total. The van der Waals surface area contributed by atoms with E-state index in [-0.39, 0.29) is 54.4 Å². The van der Waals surface area contributed by atoms with Gasteiger partial charge in [-0.25, -0.2) is 0 Å². The number of esters is 1. The Morgan fingerprint density at radius 1 is 0.842 bits per heavy atom. The summed E-state index contributed by atoms with van der Waals surface area (Å²) in [6.07, 6.45) is 5.51. The molecule has 0 spiro atoms. The summed E-state index contributed by atoms with van der Waals surface area (Å²) in [4.78, 5) is 55.0. The Balaban J connectivity index is 1.01. The van der Waals surface area contributed by atoms with Crippen molar-refractivity contribution in [2.24, 2.45) is 41.4 Å². The van der Waals surface area contributed by atoms with Crippen LogP contribution < -0.4 is 19.3 Å². The second kappa shape index (κ2) is 8.55. The van der Waals surface area contributed by atoms with Crippen LogP contribution in [0.2, 0.25) is 0 Å². The zero-order valence-corrected chi connectivity index (χ0v) is 21.0. The quantitative estimate of drug-likeness (QED) is 0.254. The Bertz CT molecular complexity index is 1330. The van der Waals surface area contributed by atoms with Crippen LogP contribution in [0.3, 0.4) is 0 Å². The molecule has 2 aromatic rings. The topological polar surface area (TPSA) is 93.2 Å². The van der Waals surface area contributed by atoms with E-state index in [4.69, 9.17) is 9.47 Å². The molecule has 2 bridgehead atoms. The fourth-order valence-electron chi connectivity index (χ4n) is 7.08. The highest BCUT2D eigenvalue weighted by Crippen LogP contribution is 2.65. The smallest absolute Gasteiger partial charge is 0.316 e. The van der Waals surface area contributed by atoms with Gasteiger partial charge in [-0.3, -0.25) is 24.1 Å². The third-order valence-electron chi connectivity index (χ3n) is 8.89. The van der Waals surface area contributed by atoms with Gasteiger partial charge in [0.15, 0.2) is 0 Å². The van der Waals surface area contributed by atoms with Gasteiger partial charge in [0.2, 0.25) is 17.7 Å². The van der Waals surface area contributed by atoms with E-state index in [1.54, 1.807) is 53.4 Å². The number of imide groups is 1. The summed E-state index contributed by atoms with van der Waals surface area (Å²) in [6, 6.07) is 13.7. The van der Waals surface area contributed by atoms with Crippen LogP contribution in [0.15, 0.2) is 60.7 Å². The maximum Gasteiger partial charge on any atom is 0.316 e. The molecule has 4 fully saturated rings. The lowest BCUT2D eigenvalue weighted by atomic mass is 9.63. The minimum absolute atomic E-state index is 0.0715. The summed E-state index contributed by atoms with van der Waals surface area (Å²) < 4.78 is 11.0. The van der Waals surface area contributed by atoms with Gasteiger partial charge in [0, 0.05) is 18.7 Å². The molecule has 8 heteroatoms. The van der Waals surface area contributed by atoms with Crippen LogP contribution in [0.25, 0.3) is 0 Å². The monoisotopic (exact) mass is 512 g/mol. The van der Waals surface area contributed by atoms with E-state index in [1.807, 2.05) is 6.92 Å². The maximum atomic E-state index is 13.3. The second-order valence-electron chi connectivity index (χ2n) is 10.9. The molecule has 4 aliphatic carbocycles. The number of allylic oxidation sites excluding steroid dienone is 2. The lowest BCUT2D eigenvalue weighted by Crippen LogP contribution is -2.40. The Kier molecular flexibility index (Phi) is 5.22. The molecule has 3 amide bonds. The van der Waals surface area contributed by atoms with Gasteiger partial charge in [-0.1, -0.05) is 12.2 Å². The molecule has 7 atom stereocenters. The Hall–Kier alpha value is -3.94. The van der Waals surface area contributed by atoms with Crippen molar-refractivity contribution in [3.63, 3.8) is 0 Å². The number of anilines is 2. The zero-order chi connectivity index (χ0) is 26.1. The Labute approximate surface area is 220 Å². The molecule has 2 saturated carbocycles. The molecule has 0 aromatic heterocycles. The second-order valence-corrected chi connectivity index (χ2v) is 10.9. The van der Waals surface area contributed by atoms with Crippen LogP contribution in [0.4, 0.5) is 11.4 Å². The van der Waals surface area contributed by atoms with Crippen LogP contribution in [-0.4, -0.2) is 36.8 Å². The van der Waals surface area contributed by atoms with Gasteiger partial charge < -0.3 is 14.4 Å². The number of carbonyl (C=O) groups is 4. The van der Waals surface area contributed by atoms with E-state index >= 15 is 0 Å². The van der Waals surface area contributed by atoms with Crippen molar-refractivity contribution in [3.8, 4) is 11.5 Å². The maximum absolute atomic E-state index is 13.3. The molecule has 0 radical (unpaired) electrons. The third-order valence-corrected chi connectivity index (χ3v) is 8.89. The van der Waals surface area contributed by atoms with Crippen LogP contribution in [0, 0.1) is 41.4 Å². The van der Waals surface area contributed by atoms with E-state index in [9.17, 15) is 19.2 Å². The van der Waals surface area contributed by atoms with Crippen LogP contribution in [-0.2, 0) is 19.2 Å². The van der Waals surface area contributed by atoms with E-state index in [0.29, 0.717) is 35.6 Å². The fourth-order valence-corrected chi connectivity index (χ4v) is 7.08. The first-order valence-corrected chi connectivity index (χ1v) is 13.4. The van der Waals surface area contributed by atoms with Gasteiger partial charge in [0.05, 0.1) is 30.0 Å². The fraction of sp³-hybridized carbons (Fsp3) is 0.400. The number of hydrogen-bond acceptors (Lipinski definition) is 6. The minimum atomic E-state index is -0.590. The van der Waals surface area contributed by atoms with Crippen LogP contribution in [0.1, 0.15) is 19.8 Å². The van der Waals surface area contributed by atoms with Crippen molar-refractivity contribution in [2.45, 2.75) is 19.8 Å². The van der Waals surface area contributed by atoms with E-state index in [0.717, 1.165) is 12.2 Å². The summed E-state index contributed by atoms with van der Waals surface area (Å²) in [7, 11) is 0. The van der Waals surface area contributed by atoms with Crippen molar-refractivity contribution in [1.82, 2.24) is 0 Å². The number of ether oxygens (including phenoxy) is 2. The van der Waals surface area contributed by atoms with Crippen molar-refractivity contribution >= 4 is 35.1 Å². The van der Waals surface area contributed by atoms with Gasteiger partial charge in [0.1, 0.15) is 11.5 Å². The number of amides is 3. The van der Waals surface area contributed by atoms with Gasteiger partial charge in [-0.2, -0.15) is 0 Å². The lowest BCUT2D eigenvalue weighted by molar-refractivity contribution is -0.139. The number of nitrogens with zero attached hydrogens (tertiary/aromatic N) is 2. The van der Waals surface area contributed by atoms with Gasteiger partial charge in [-0.05, 0) is 85.5 Å². The molecule has 2 saturated heterocycles. The zero-order valence-electron chi connectivity index (χ0n) is 21.0. The van der Waals surface area contributed by atoms with E-state index in [1.165, 1.54) is 4.90 Å². The lowest BCUT2D eigenvalue weighted by Gasteiger charge is -2.37. The van der Waals surface area contributed by atoms with Crippen LogP contribution >= 0.6 is 0 Å². The van der Waals surface area contributed by atoms with Gasteiger partial charge in [-0.15, -0.1) is 0 Å². The highest BCUT2D eigenvalue weighted by molar-refractivity contribution is 6.22. The molecule has 194 valence electrons. The first-order valence-electron chi connectivity index (χ1n) is 13.4. The highest BCUT2D eigenvalue weighted by atomic mass is 16.5. The summed E-state index contributed by atoms with van der Waals surface area (Å²) in [5.74, 6) is 0.532. The van der Waals surface area contributed by atoms with Gasteiger partial charge in [0.25, 0.3) is 0 Å². The molecular formula is C30H28N2O6. The number of benzene rings is 2. The molecule has 2 heterocycles. The predicted molar refractivity (Wildman–Crippen MR) is 137 cm³/mol. The van der Waals surface area contributed by atoms with Crippen molar-refractivity contribution in [3.05, 3.63) is 60.7 Å². The highest BCUT2D eigenvalue weighted by Gasteiger charge is 2.67. The average molecular weight is 513 g/mol. The number of rotatable bonds is 6. The van der Waals surface area contributed by atoms with E-state index in [2.05, 4.69) is 12.2 Å². The molecule has 2 aromatic carbocycles.